The van der Waals surface area contributed by atoms with Crippen molar-refractivity contribution in [2.75, 3.05) is 12.0 Å². The molecule has 0 spiro atoms. The lowest BCUT2D eigenvalue weighted by Gasteiger charge is -2.10. The molecule has 4 nitrogen and oxygen atoms in total. The fourth-order valence-corrected chi connectivity index (χ4v) is 3.01. The quantitative estimate of drug-likeness (QED) is 0.788. The van der Waals surface area contributed by atoms with Crippen LogP contribution in [0.15, 0.2) is 12.1 Å². The van der Waals surface area contributed by atoms with Crippen LogP contribution in [0, 0.1) is 11.6 Å². The van der Waals surface area contributed by atoms with Crippen molar-refractivity contribution in [3.8, 4) is 0 Å². The summed E-state index contributed by atoms with van der Waals surface area (Å²) in [6.07, 6.45) is 1.46. The van der Waals surface area contributed by atoms with Gasteiger partial charge in [0.2, 0.25) is 0 Å². The molecule has 8 heteroatoms. The molecule has 0 bridgehead atoms. The normalized spacial score (nSPS) is 13.8. The summed E-state index contributed by atoms with van der Waals surface area (Å²) in [6, 6.07) is 1.94. The van der Waals surface area contributed by atoms with Gasteiger partial charge in [0.05, 0.1) is 16.6 Å². The lowest BCUT2D eigenvalue weighted by Crippen LogP contribution is -2.10. The third-order valence-corrected chi connectivity index (χ3v) is 4.28. The first-order valence-corrected chi connectivity index (χ1v) is 8.85. The SMILES string of the molecule is CC(Cl)c1nc2c(F)cc(F)cc2n1CCCS(C)(=O)=O. The van der Waals surface area contributed by atoms with Gasteiger partial charge >= 0.3 is 0 Å². The van der Waals surface area contributed by atoms with Crippen molar-refractivity contribution in [3.05, 3.63) is 29.6 Å². The number of aromatic nitrogens is 2. The summed E-state index contributed by atoms with van der Waals surface area (Å²) in [4.78, 5) is 4.11. The van der Waals surface area contributed by atoms with Crippen LogP contribution in [0.4, 0.5) is 8.78 Å². The van der Waals surface area contributed by atoms with Gasteiger partial charge in [-0.25, -0.2) is 22.2 Å². The molecule has 2 rings (SSSR count). The van der Waals surface area contributed by atoms with Gasteiger partial charge in [-0.3, -0.25) is 0 Å². The molecule has 0 amide bonds. The van der Waals surface area contributed by atoms with Gasteiger partial charge in [0.15, 0.2) is 5.82 Å². The number of aryl methyl sites for hydroxylation is 1. The van der Waals surface area contributed by atoms with Crippen molar-refractivity contribution < 1.29 is 17.2 Å². The van der Waals surface area contributed by atoms with Crippen LogP contribution >= 0.6 is 11.6 Å². The molecule has 1 aromatic heterocycles. The second-order valence-electron chi connectivity index (χ2n) is 4.98. The first kappa shape index (κ1) is 16.2. The molecule has 0 radical (unpaired) electrons. The molecule has 0 saturated heterocycles. The van der Waals surface area contributed by atoms with Gasteiger partial charge in [0.1, 0.15) is 27.0 Å². The number of alkyl halides is 1. The van der Waals surface area contributed by atoms with E-state index in [1.165, 1.54) is 6.07 Å². The first-order valence-electron chi connectivity index (χ1n) is 6.36. The summed E-state index contributed by atoms with van der Waals surface area (Å²) in [5.74, 6) is -1.09. The number of rotatable bonds is 5. The Morgan fingerprint density at radius 1 is 1.38 bits per heavy atom. The molecule has 116 valence electrons. The van der Waals surface area contributed by atoms with E-state index in [1.54, 1.807) is 11.5 Å². The van der Waals surface area contributed by atoms with Gasteiger partial charge in [-0.1, -0.05) is 0 Å². The Kier molecular flexibility index (Phi) is 4.53. The van der Waals surface area contributed by atoms with Gasteiger partial charge < -0.3 is 4.57 Å². The summed E-state index contributed by atoms with van der Waals surface area (Å²) in [5, 5.41) is -0.502. The number of nitrogens with zero attached hydrogens (tertiary/aromatic N) is 2. The van der Waals surface area contributed by atoms with Crippen LogP contribution < -0.4 is 0 Å². The lowest BCUT2D eigenvalue weighted by atomic mass is 10.3. The van der Waals surface area contributed by atoms with Crippen LogP contribution in [-0.2, 0) is 16.4 Å². The minimum atomic E-state index is -3.09. The van der Waals surface area contributed by atoms with E-state index in [-0.39, 0.29) is 23.3 Å². The van der Waals surface area contributed by atoms with E-state index in [0.717, 1.165) is 12.3 Å². The molecule has 0 aliphatic rings. The molecule has 1 aromatic carbocycles. The molecule has 0 saturated carbocycles. The van der Waals surface area contributed by atoms with E-state index >= 15 is 0 Å². The van der Waals surface area contributed by atoms with E-state index in [1.807, 2.05) is 0 Å². The second-order valence-corrected chi connectivity index (χ2v) is 7.89. The van der Waals surface area contributed by atoms with Gasteiger partial charge in [0.25, 0.3) is 0 Å². The Hall–Kier alpha value is -1.21. The highest BCUT2D eigenvalue weighted by Crippen LogP contribution is 2.27. The molecule has 1 heterocycles. The minimum absolute atomic E-state index is 0.0133. The molecule has 0 fully saturated rings. The van der Waals surface area contributed by atoms with Crippen LogP contribution in [0.5, 0.6) is 0 Å². The molecule has 0 aliphatic heterocycles. The van der Waals surface area contributed by atoms with Gasteiger partial charge in [0, 0.05) is 18.9 Å². The monoisotopic (exact) mass is 336 g/mol. The fraction of sp³-hybridized carbons (Fsp3) is 0.462. The van der Waals surface area contributed by atoms with Crippen LogP contribution in [0.1, 0.15) is 24.5 Å². The van der Waals surface area contributed by atoms with Crippen LogP contribution in [0.25, 0.3) is 11.0 Å². The van der Waals surface area contributed by atoms with E-state index in [0.29, 0.717) is 12.2 Å². The van der Waals surface area contributed by atoms with E-state index < -0.39 is 26.8 Å². The zero-order valence-electron chi connectivity index (χ0n) is 11.6. The average molecular weight is 337 g/mol. The summed E-state index contributed by atoms with van der Waals surface area (Å²) in [5.41, 5.74) is 0.321. The standard InChI is InChI=1S/C13H15ClF2N2O2S/c1-8(14)13-17-12-10(16)6-9(15)7-11(12)18(13)4-3-5-21(2,19)20/h6-8H,3-5H2,1-2H3. The lowest BCUT2D eigenvalue weighted by molar-refractivity contribution is 0.585. The number of sulfone groups is 1. The Bertz CT molecular complexity index is 772. The van der Waals surface area contributed by atoms with Crippen molar-refractivity contribution in [3.63, 3.8) is 0 Å². The summed E-state index contributed by atoms with van der Waals surface area (Å²) < 4.78 is 51.1. The molecule has 0 aliphatic carbocycles. The number of hydrogen-bond donors (Lipinski definition) is 0. The molecule has 1 unspecified atom stereocenters. The van der Waals surface area contributed by atoms with Crippen LogP contribution in [0.2, 0.25) is 0 Å². The van der Waals surface area contributed by atoms with E-state index in [9.17, 15) is 17.2 Å². The summed E-state index contributed by atoms with van der Waals surface area (Å²) >= 11 is 6.02. The highest BCUT2D eigenvalue weighted by molar-refractivity contribution is 7.90. The fourth-order valence-electron chi connectivity index (χ4n) is 2.19. The third kappa shape index (κ3) is 3.71. The Morgan fingerprint density at radius 3 is 2.62 bits per heavy atom. The van der Waals surface area contributed by atoms with E-state index in [4.69, 9.17) is 11.6 Å². The number of imidazole rings is 1. The van der Waals surface area contributed by atoms with Crippen molar-refractivity contribution in [1.29, 1.82) is 0 Å². The van der Waals surface area contributed by atoms with Crippen LogP contribution in [-0.4, -0.2) is 30.0 Å². The summed E-state index contributed by atoms with van der Waals surface area (Å²) in [6.45, 7) is 1.95. The maximum Gasteiger partial charge on any atom is 0.153 e. The summed E-state index contributed by atoms with van der Waals surface area (Å²) in [7, 11) is -3.09. The second kappa shape index (κ2) is 5.88. The number of fused-ring (bicyclic) bond motifs is 1. The van der Waals surface area contributed by atoms with Crippen molar-refractivity contribution >= 4 is 32.5 Å². The first-order chi connectivity index (χ1) is 9.69. The smallest absolute Gasteiger partial charge is 0.153 e. The van der Waals surface area contributed by atoms with Crippen molar-refractivity contribution in [2.45, 2.75) is 25.3 Å². The zero-order chi connectivity index (χ0) is 15.8. The average Bonchev–Trinajstić information content (AvgIpc) is 2.67. The van der Waals surface area contributed by atoms with Crippen molar-refractivity contribution in [1.82, 2.24) is 9.55 Å². The Balaban J connectivity index is 2.46. The van der Waals surface area contributed by atoms with Gasteiger partial charge in [-0.2, -0.15) is 0 Å². The molecular formula is C13H15ClF2N2O2S. The molecule has 2 aromatic rings. The highest BCUT2D eigenvalue weighted by atomic mass is 35.5. The molecule has 1 atom stereocenters. The molecular weight excluding hydrogens is 322 g/mol. The molecule has 21 heavy (non-hydrogen) atoms. The largest absolute Gasteiger partial charge is 0.327 e. The Morgan fingerprint density at radius 2 is 2.05 bits per heavy atom. The maximum absolute atomic E-state index is 13.8. The number of benzene rings is 1. The predicted octanol–water partition coefficient (Wildman–Crippen LogP) is 3.05. The predicted molar refractivity (Wildman–Crippen MR) is 78.2 cm³/mol. The zero-order valence-corrected chi connectivity index (χ0v) is 13.2. The minimum Gasteiger partial charge on any atom is -0.327 e. The third-order valence-electron chi connectivity index (χ3n) is 3.05. The Labute approximate surface area is 126 Å². The van der Waals surface area contributed by atoms with Gasteiger partial charge in [-0.05, 0) is 19.4 Å². The topological polar surface area (TPSA) is 52.0 Å². The number of hydrogen-bond acceptors (Lipinski definition) is 3. The van der Waals surface area contributed by atoms with Gasteiger partial charge in [-0.15, -0.1) is 11.6 Å². The van der Waals surface area contributed by atoms with Crippen LogP contribution in [0.3, 0.4) is 0 Å². The maximum atomic E-state index is 13.8. The number of halogens is 3. The van der Waals surface area contributed by atoms with E-state index in [2.05, 4.69) is 4.98 Å². The molecule has 0 N–H and O–H groups in total. The van der Waals surface area contributed by atoms with Crippen molar-refractivity contribution in [2.24, 2.45) is 0 Å². The highest BCUT2D eigenvalue weighted by Gasteiger charge is 2.18.